The summed E-state index contributed by atoms with van der Waals surface area (Å²) >= 11 is 0. The maximum absolute atomic E-state index is 13.5. The molecule has 22 heavy (non-hydrogen) atoms. The van der Waals surface area contributed by atoms with Gasteiger partial charge in [0.15, 0.2) is 0 Å². The van der Waals surface area contributed by atoms with E-state index in [9.17, 15) is 4.39 Å². The maximum atomic E-state index is 13.5. The summed E-state index contributed by atoms with van der Waals surface area (Å²) in [6.07, 6.45) is 3.47. The zero-order chi connectivity index (χ0) is 15.9. The number of rotatable bonds is 7. The zero-order valence-electron chi connectivity index (χ0n) is 13.4. The number of anilines is 1. The highest BCUT2D eigenvalue weighted by atomic mass is 19.1. The van der Waals surface area contributed by atoms with Crippen molar-refractivity contribution in [3.8, 4) is 0 Å². The number of hydrogen-bond donors (Lipinski definition) is 1. The van der Waals surface area contributed by atoms with E-state index in [4.69, 9.17) is 0 Å². The van der Waals surface area contributed by atoms with Gasteiger partial charge in [0, 0.05) is 5.69 Å². The third kappa shape index (κ3) is 4.45. The first-order chi connectivity index (χ1) is 10.6. The van der Waals surface area contributed by atoms with Crippen molar-refractivity contribution in [3.05, 3.63) is 77.6 Å². The molecule has 0 aliphatic heterocycles. The molecule has 2 aromatic rings. The number of aryl methyl sites for hydroxylation is 1. The minimum absolute atomic E-state index is 0.0860. The lowest BCUT2D eigenvalue weighted by molar-refractivity contribution is 0.624. The van der Waals surface area contributed by atoms with E-state index in [0.717, 1.165) is 23.2 Å². The van der Waals surface area contributed by atoms with Crippen LogP contribution < -0.4 is 5.32 Å². The molecule has 0 heterocycles. The first-order valence-corrected chi connectivity index (χ1v) is 7.86. The van der Waals surface area contributed by atoms with Crippen LogP contribution >= 0.6 is 0 Å². The molecule has 0 aliphatic carbocycles. The molecule has 1 unspecified atom stereocenters. The molecule has 2 aromatic carbocycles. The van der Waals surface area contributed by atoms with Crippen LogP contribution in [0.15, 0.2) is 60.7 Å². The quantitative estimate of drug-likeness (QED) is 0.628. The van der Waals surface area contributed by atoms with Crippen molar-refractivity contribution in [1.29, 1.82) is 0 Å². The van der Waals surface area contributed by atoms with Gasteiger partial charge in [-0.1, -0.05) is 49.8 Å². The standard InChI is InChI=1S/C20H24FN/c1-4-5-8-16-9-6-12-19(13-16)22-20(15(2)3)17-10-7-11-18(21)14-17/h6-7,9-14,20,22H,2,4-5,8H2,1,3H3. The Hall–Kier alpha value is -2.09. The first kappa shape index (κ1) is 16.3. The lowest BCUT2D eigenvalue weighted by Gasteiger charge is -2.21. The van der Waals surface area contributed by atoms with E-state index in [2.05, 4.69) is 37.0 Å². The van der Waals surface area contributed by atoms with Crippen LogP contribution in [0.25, 0.3) is 0 Å². The summed E-state index contributed by atoms with van der Waals surface area (Å²) in [5, 5.41) is 3.47. The van der Waals surface area contributed by atoms with Crippen LogP contribution in [-0.4, -0.2) is 0 Å². The maximum Gasteiger partial charge on any atom is 0.123 e. The second-order valence-corrected chi connectivity index (χ2v) is 5.78. The van der Waals surface area contributed by atoms with Crippen LogP contribution in [0.1, 0.15) is 43.9 Å². The molecule has 0 spiro atoms. The van der Waals surface area contributed by atoms with Gasteiger partial charge in [-0.15, -0.1) is 0 Å². The summed E-state index contributed by atoms with van der Waals surface area (Å²) in [5.41, 5.74) is 4.23. The monoisotopic (exact) mass is 297 g/mol. The van der Waals surface area contributed by atoms with Crippen LogP contribution in [0, 0.1) is 5.82 Å². The molecule has 2 rings (SSSR count). The topological polar surface area (TPSA) is 12.0 Å². The predicted molar refractivity (Wildman–Crippen MR) is 92.6 cm³/mol. The minimum atomic E-state index is -0.220. The largest absolute Gasteiger partial charge is 0.374 e. The van der Waals surface area contributed by atoms with Crippen molar-refractivity contribution in [2.45, 2.75) is 39.2 Å². The van der Waals surface area contributed by atoms with Gasteiger partial charge in [-0.3, -0.25) is 0 Å². The first-order valence-electron chi connectivity index (χ1n) is 7.86. The summed E-state index contributed by atoms with van der Waals surface area (Å²) in [4.78, 5) is 0. The molecule has 1 N–H and O–H groups in total. The van der Waals surface area contributed by atoms with Crippen LogP contribution in [0.3, 0.4) is 0 Å². The second-order valence-electron chi connectivity index (χ2n) is 5.78. The molecule has 0 saturated heterocycles. The summed E-state index contributed by atoms with van der Waals surface area (Å²) in [5.74, 6) is -0.220. The molecule has 1 atom stereocenters. The van der Waals surface area contributed by atoms with Crippen LogP contribution in [0.4, 0.5) is 10.1 Å². The van der Waals surface area contributed by atoms with Gasteiger partial charge >= 0.3 is 0 Å². The molecule has 0 saturated carbocycles. The highest BCUT2D eigenvalue weighted by molar-refractivity contribution is 5.50. The lowest BCUT2D eigenvalue weighted by Crippen LogP contribution is -2.12. The third-order valence-electron chi connectivity index (χ3n) is 3.73. The second kappa shape index (κ2) is 7.79. The summed E-state index contributed by atoms with van der Waals surface area (Å²) in [7, 11) is 0. The van der Waals surface area contributed by atoms with Gasteiger partial charge in [-0.25, -0.2) is 4.39 Å². The van der Waals surface area contributed by atoms with Gasteiger partial charge in [-0.2, -0.15) is 0 Å². The molecule has 0 aromatic heterocycles. The summed E-state index contributed by atoms with van der Waals surface area (Å²) in [6, 6.07) is 15.0. The van der Waals surface area contributed by atoms with Crippen LogP contribution in [-0.2, 0) is 6.42 Å². The zero-order valence-corrected chi connectivity index (χ0v) is 13.4. The van der Waals surface area contributed by atoms with Crippen molar-refractivity contribution in [1.82, 2.24) is 0 Å². The van der Waals surface area contributed by atoms with E-state index < -0.39 is 0 Å². The van der Waals surface area contributed by atoms with E-state index >= 15 is 0 Å². The van der Waals surface area contributed by atoms with Crippen molar-refractivity contribution in [3.63, 3.8) is 0 Å². The smallest absolute Gasteiger partial charge is 0.123 e. The Morgan fingerprint density at radius 3 is 2.64 bits per heavy atom. The molecular formula is C20H24FN. The minimum Gasteiger partial charge on any atom is -0.374 e. The SMILES string of the molecule is C=C(C)C(Nc1cccc(CCCC)c1)c1cccc(F)c1. The summed E-state index contributed by atoms with van der Waals surface area (Å²) < 4.78 is 13.5. The summed E-state index contributed by atoms with van der Waals surface area (Å²) in [6.45, 7) is 8.20. The fourth-order valence-electron chi connectivity index (χ4n) is 2.54. The molecule has 0 radical (unpaired) electrons. The molecule has 0 bridgehead atoms. The van der Waals surface area contributed by atoms with Crippen molar-refractivity contribution < 1.29 is 4.39 Å². The number of benzene rings is 2. The fourth-order valence-corrected chi connectivity index (χ4v) is 2.54. The lowest BCUT2D eigenvalue weighted by atomic mass is 10.00. The third-order valence-corrected chi connectivity index (χ3v) is 3.73. The van der Waals surface area contributed by atoms with Gasteiger partial charge in [0.25, 0.3) is 0 Å². The van der Waals surface area contributed by atoms with Gasteiger partial charge in [0.1, 0.15) is 5.82 Å². The fraction of sp³-hybridized carbons (Fsp3) is 0.300. The Morgan fingerprint density at radius 2 is 1.95 bits per heavy atom. The Kier molecular flexibility index (Phi) is 5.76. The van der Waals surface area contributed by atoms with E-state index in [1.165, 1.54) is 24.5 Å². The molecule has 116 valence electrons. The van der Waals surface area contributed by atoms with Crippen molar-refractivity contribution in [2.24, 2.45) is 0 Å². The average molecular weight is 297 g/mol. The highest BCUT2D eigenvalue weighted by Crippen LogP contribution is 2.26. The molecular weight excluding hydrogens is 273 g/mol. The van der Waals surface area contributed by atoms with Gasteiger partial charge in [0.05, 0.1) is 6.04 Å². The Balaban J connectivity index is 2.19. The number of nitrogens with one attached hydrogen (secondary N) is 1. The van der Waals surface area contributed by atoms with Gasteiger partial charge in [-0.05, 0) is 55.2 Å². The number of hydrogen-bond acceptors (Lipinski definition) is 1. The van der Waals surface area contributed by atoms with E-state index in [1.54, 1.807) is 12.1 Å². The van der Waals surface area contributed by atoms with E-state index in [1.807, 2.05) is 19.1 Å². The molecule has 1 nitrogen and oxygen atoms in total. The van der Waals surface area contributed by atoms with Gasteiger partial charge in [0.2, 0.25) is 0 Å². The predicted octanol–water partition coefficient (Wildman–Crippen LogP) is 5.90. The van der Waals surface area contributed by atoms with E-state index in [-0.39, 0.29) is 11.9 Å². The normalized spacial score (nSPS) is 12.0. The van der Waals surface area contributed by atoms with Crippen molar-refractivity contribution >= 4 is 5.69 Å². The number of unbranched alkanes of at least 4 members (excludes halogenated alkanes) is 1. The molecule has 0 fully saturated rings. The van der Waals surface area contributed by atoms with Crippen LogP contribution in [0.2, 0.25) is 0 Å². The molecule has 0 aliphatic rings. The van der Waals surface area contributed by atoms with Gasteiger partial charge < -0.3 is 5.32 Å². The molecule has 0 amide bonds. The Labute approximate surface area is 132 Å². The molecule has 2 heteroatoms. The highest BCUT2D eigenvalue weighted by Gasteiger charge is 2.13. The van der Waals surface area contributed by atoms with Crippen molar-refractivity contribution in [2.75, 3.05) is 5.32 Å². The van der Waals surface area contributed by atoms with Crippen LogP contribution in [0.5, 0.6) is 0 Å². The Bertz CT molecular complexity index is 633. The Morgan fingerprint density at radius 1 is 1.18 bits per heavy atom. The average Bonchev–Trinajstić information content (AvgIpc) is 2.50. The van der Waals surface area contributed by atoms with E-state index in [0.29, 0.717) is 0 Å². The number of halogens is 1.